The molecule has 23 heavy (non-hydrogen) atoms. The van der Waals surface area contributed by atoms with Crippen LogP contribution >= 0.6 is 11.6 Å². The van der Waals surface area contributed by atoms with Crippen LogP contribution < -0.4 is 20.6 Å². The van der Waals surface area contributed by atoms with Gasteiger partial charge in [0.05, 0.1) is 25.0 Å². The lowest BCUT2D eigenvalue weighted by Gasteiger charge is -2.11. The Labute approximate surface area is 137 Å². The van der Waals surface area contributed by atoms with E-state index < -0.39 is 5.69 Å². The van der Waals surface area contributed by atoms with Crippen molar-refractivity contribution in [3.63, 3.8) is 0 Å². The van der Waals surface area contributed by atoms with Crippen LogP contribution in [-0.4, -0.2) is 35.1 Å². The molecular formula is C14H16ClN5O3. The SMILES string of the molecule is CCOc1cc(/C=N/Nc2nc(=O)[nH]nc2C)cc(Cl)c1OC. The monoisotopic (exact) mass is 337 g/mol. The highest BCUT2D eigenvalue weighted by atomic mass is 35.5. The van der Waals surface area contributed by atoms with Crippen molar-refractivity contribution in [3.8, 4) is 11.5 Å². The van der Waals surface area contributed by atoms with Gasteiger partial charge in [-0.1, -0.05) is 11.6 Å². The van der Waals surface area contributed by atoms with Crippen LogP contribution in [0.2, 0.25) is 5.02 Å². The maximum Gasteiger partial charge on any atom is 0.363 e. The van der Waals surface area contributed by atoms with Crippen molar-refractivity contribution < 1.29 is 9.47 Å². The summed E-state index contributed by atoms with van der Waals surface area (Å²) >= 11 is 6.16. The van der Waals surface area contributed by atoms with E-state index in [1.165, 1.54) is 13.3 Å². The molecule has 1 aromatic carbocycles. The molecule has 0 saturated heterocycles. The summed E-state index contributed by atoms with van der Waals surface area (Å²) < 4.78 is 10.7. The molecule has 0 aliphatic heterocycles. The summed E-state index contributed by atoms with van der Waals surface area (Å²) in [6.45, 7) is 4.04. The molecule has 0 unspecified atom stereocenters. The van der Waals surface area contributed by atoms with Gasteiger partial charge in [0.2, 0.25) is 0 Å². The Hall–Kier alpha value is -2.61. The summed E-state index contributed by atoms with van der Waals surface area (Å²) in [5.74, 6) is 1.26. The third-order valence-electron chi connectivity index (χ3n) is 2.80. The maximum absolute atomic E-state index is 11.1. The van der Waals surface area contributed by atoms with Gasteiger partial charge >= 0.3 is 5.69 Å². The molecule has 1 aromatic heterocycles. The van der Waals surface area contributed by atoms with Gasteiger partial charge in [0.25, 0.3) is 0 Å². The van der Waals surface area contributed by atoms with E-state index in [9.17, 15) is 4.79 Å². The standard InChI is InChI=1S/C14H16ClN5O3/c1-4-23-11-6-9(5-10(15)12(11)22-3)7-16-19-13-8(2)18-20-14(21)17-13/h5-7H,4H2,1-3H3,(H2,17,19,20,21)/b16-7+. The Bertz CT molecular complexity index is 775. The zero-order valence-electron chi connectivity index (χ0n) is 12.9. The molecule has 0 fully saturated rings. The lowest BCUT2D eigenvalue weighted by molar-refractivity contribution is 0.311. The molecule has 0 aliphatic carbocycles. The number of H-pyrrole nitrogens is 1. The minimum Gasteiger partial charge on any atom is -0.491 e. The Balaban J connectivity index is 2.22. The molecule has 0 radical (unpaired) electrons. The highest BCUT2D eigenvalue weighted by Gasteiger charge is 2.10. The molecule has 2 N–H and O–H groups in total. The predicted molar refractivity (Wildman–Crippen MR) is 87.8 cm³/mol. The Kier molecular flexibility index (Phi) is 5.53. The molecule has 0 amide bonds. The fourth-order valence-electron chi connectivity index (χ4n) is 1.79. The van der Waals surface area contributed by atoms with E-state index in [0.717, 1.165) is 0 Å². The number of aryl methyl sites for hydroxylation is 1. The summed E-state index contributed by atoms with van der Waals surface area (Å²) in [5, 5.41) is 10.5. The van der Waals surface area contributed by atoms with Crippen LogP contribution in [0.3, 0.4) is 0 Å². The van der Waals surface area contributed by atoms with Crippen LogP contribution in [0.5, 0.6) is 11.5 Å². The molecule has 1 heterocycles. The van der Waals surface area contributed by atoms with E-state index >= 15 is 0 Å². The van der Waals surface area contributed by atoms with Crippen LogP contribution in [0.4, 0.5) is 5.82 Å². The van der Waals surface area contributed by atoms with Gasteiger partial charge < -0.3 is 9.47 Å². The first-order valence-electron chi connectivity index (χ1n) is 6.77. The van der Waals surface area contributed by atoms with Gasteiger partial charge in [0.1, 0.15) is 5.69 Å². The fraction of sp³-hybridized carbons (Fsp3) is 0.286. The molecule has 8 nitrogen and oxygen atoms in total. The van der Waals surface area contributed by atoms with E-state index in [2.05, 4.69) is 25.7 Å². The van der Waals surface area contributed by atoms with Gasteiger partial charge in [-0.2, -0.15) is 15.2 Å². The van der Waals surface area contributed by atoms with Gasteiger partial charge in [0.15, 0.2) is 17.3 Å². The summed E-state index contributed by atoms with van der Waals surface area (Å²) in [4.78, 5) is 14.9. The zero-order valence-corrected chi connectivity index (χ0v) is 13.6. The molecule has 2 rings (SSSR count). The van der Waals surface area contributed by atoms with Crippen molar-refractivity contribution in [3.05, 3.63) is 38.9 Å². The number of hydrogen-bond acceptors (Lipinski definition) is 7. The fourth-order valence-corrected chi connectivity index (χ4v) is 2.09. The normalized spacial score (nSPS) is 10.8. The Morgan fingerprint density at radius 3 is 2.96 bits per heavy atom. The van der Waals surface area contributed by atoms with Crippen LogP contribution in [0.15, 0.2) is 22.0 Å². The minimum absolute atomic E-state index is 0.273. The number of hydrazone groups is 1. The van der Waals surface area contributed by atoms with Crippen molar-refractivity contribution in [1.82, 2.24) is 15.2 Å². The molecular weight excluding hydrogens is 322 g/mol. The summed E-state index contributed by atoms with van der Waals surface area (Å²) in [6, 6.07) is 3.43. The van der Waals surface area contributed by atoms with Crippen molar-refractivity contribution in [2.75, 3.05) is 19.1 Å². The predicted octanol–water partition coefficient (Wildman–Crippen LogP) is 1.98. The Morgan fingerprint density at radius 1 is 1.48 bits per heavy atom. The summed E-state index contributed by atoms with van der Waals surface area (Å²) in [5.41, 5.74) is 3.32. The zero-order chi connectivity index (χ0) is 16.8. The van der Waals surface area contributed by atoms with Crippen LogP contribution in [0.1, 0.15) is 18.2 Å². The van der Waals surface area contributed by atoms with E-state index in [-0.39, 0.29) is 5.82 Å². The molecule has 122 valence electrons. The number of hydrogen-bond donors (Lipinski definition) is 2. The number of nitrogens with zero attached hydrogens (tertiary/aromatic N) is 3. The second-order valence-corrected chi connectivity index (χ2v) is 4.82. The second kappa shape index (κ2) is 7.59. The Morgan fingerprint density at radius 2 is 2.26 bits per heavy atom. The smallest absolute Gasteiger partial charge is 0.363 e. The average molecular weight is 338 g/mol. The molecule has 0 saturated carbocycles. The van der Waals surface area contributed by atoms with Crippen LogP contribution in [0.25, 0.3) is 0 Å². The van der Waals surface area contributed by atoms with Crippen molar-refractivity contribution in [2.45, 2.75) is 13.8 Å². The largest absolute Gasteiger partial charge is 0.491 e. The molecule has 2 aromatic rings. The van der Waals surface area contributed by atoms with Crippen LogP contribution in [0, 0.1) is 6.92 Å². The van der Waals surface area contributed by atoms with Crippen LogP contribution in [-0.2, 0) is 0 Å². The highest BCUT2D eigenvalue weighted by Crippen LogP contribution is 2.35. The molecule has 0 aliphatic rings. The van der Waals surface area contributed by atoms with E-state index in [1.807, 2.05) is 6.92 Å². The average Bonchev–Trinajstić information content (AvgIpc) is 2.51. The number of nitrogens with one attached hydrogen (secondary N) is 2. The summed E-state index contributed by atoms with van der Waals surface area (Å²) in [7, 11) is 1.52. The number of ether oxygens (including phenoxy) is 2. The molecule has 0 atom stereocenters. The third kappa shape index (κ3) is 4.19. The lowest BCUT2D eigenvalue weighted by Crippen LogP contribution is -2.15. The topological polar surface area (TPSA) is 101 Å². The number of halogens is 1. The van der Waals surface area contributed by atoms with E-state index in [1.54, 1.807) is 19.1 Å². The molecule has 0 spiro atoms. The third-order valence-corrected chi connectivity index (χ3v) is 3.08. The van der Waals surface area contributed by atoms with Gasteiger partial charge in [-0.25, -0.2) is 9.89 Å². The first kappa shape index (κ1) is 16.8. The van der Waals surface area contributed by atoms with Gasteiger partial charge in [-0.15, -0.1) is 0 Å². The van der Waals surface area contributed by atoms with Crippen molar-refractivity contribution >= 4 is 23.6 Å². The quantitative estimate of drug-likeness (QED) is 0.617. The number of aromatic nitrogens is 3. The number of anilines is 1. The van der Waals surface area contributed by atoms with Crippen molar-refractivity contribution in [2.24, 2.45) is 5.10 Å². The second-order valence-electron chi connectivity index (χ2n) is 4.41. The number of rotatable bonds is 6. The molecule has 9 heteroatoms. The van der Waals surface area contributed by atoms with Gasteiger partial charge in [-0.3, -0.25) is 5.43 Å². The number of benzene rings is 1. The maximum atomic E-state index is 11.1. The highest BCUT2D eigenvalue weighted by molar-refractivity contribution is 6.32. The van der Waals surface area contributed by atoms with Gasteiger partial charge in [-0.05, 0) is 31.5 Å². The van der Waals surface area contributed by atoms with E-state index in [0.29, 0.717) is 34.4 Å². The number of methoxy groups -OCH3 is 1. The van der Waals surface area contributed by atoms with E-state index in [4.69, 9.17) is 21.1 Å². The van der Waals surface area contributed by atoms with Crippen molar-refractivity contribution in [1.29, 1.82) is 0 Å². The first-order valence-corrected chi connectivity index (χ1v) is 7.15. The minimum atomic E-state index is -0.556. The number of aromatic amines is 1. The molecule has 0 bridgehead atoms. The first-order chi connectivity index (χ1) is 11.0. The lowest BCUT2D eigenvalue weighted by atomic mass is 10.2. The van der Waals surface area contributed by atoms with Gasteiger partial charge in [0, 0.05) is 0 Å². The summed E-state index contributed by atoms with van der Waals surface area (Å²) in [6.07, 6.45) is 1.52.